The first-order valence-electron chi connectivity index (χ1n) is 11.4. The minimum Gasteiger partial charge on any atom is -0.479 e. The molecule has 1 saturated heterocycles. The van der Waals surface area contributed by atoms with Gasteiger partial charge in [-0.2, -0.15) is 0 Å². The van der Waals surface area contributed by atoms with Gasteiger partial charge in [0, 0.05) is 49.5 Å². The number of pyridine rings is 1. The van der Waals surface area contributed by atoms with Gasteiger partial charge in [-0.3, -0.25) is 4.79 Å². The Hall–Kier alpha value is -2.80. The standard InChI is InChI=1S/C25H32ClN5O2/c1-15-6-7-19(26)12-21(15)31-11-10-18(14-31)13-27-22(32)9-8-20-16(2)23-24(28-17(20)3)30(4)29-25(23)33-5/h6-7,12,18H,8-11,13-14H2,1-5H3,(H,27,32). The Kier molecular flexibility index (Phi) is 6.79. The summed E-state index contributed by atoms with van der Waals surface area (Å²) in [4.78, 5) is 19.7. The number of nitrogens with one attached hydrogen (secondary N) is 1. The Morgan fingerprint density at radius 2 is 2.09 bits per heavy atom. The van der Waals surface area contributed by atoms with Crippen molar-refractivity contribution in [3.05, 3.63) is 45.6 Å². The van der Waals surface area contributed by atoms with E-state index < -0.39 is 0 Å². The molecule has 7 nitrogen and oxygen atoms in total. The first-order valence-corrected chi connectivity index (χ1v) is 11.8. The lowest BCUT2D eigenvalue weighted by Crippen LogP contribution is -2.31. The van der Waals surface area contributed by atoms with Gasteiger partial charge in [0.1, 0.15) is 0 Å². The number of rotatable bonds is 7. The third-order valence-corrected chi connectivity index (χ3v) is 6.94. The summed E-state index contributed by atoms with van der Waals surface area (Å²) in [6, 6.07) is 6.02. The van der Waals surface area contributed by atoms with E-state index in [2.05, 4.69) is 35.2 Å². The second-order valence-corrected chi connectivity index (χ2v) is 9.40. The van der Waals surface area contributed by atoms with E-state index in [1.54, 1.807) is 11.8 Å². The number of ether oxygens (including phenoxy) is 1. The third-order valence-electron chi connectivity index (χ3n) is 6.70. The first kappa shape index (κ1) is 23.4. The molecule has 0 aliphatic carbocycles. The van der Waals surface area contributed by atoms with Crippen molar-refractivity contribution in [3.8, 4) is 5.88 Å². The van der Waals surface area contributed by atoms with Crippen LogP contribution in [-0.2, 0) is 18.3 Å². The van der Waals surface area contributed by atoms with Crippen molar-refractivity contribution in [2.75, 3.05) is 31.6 Å². The van der Waals surface area contributed by atoms with E-state index in [4.69, 9.17) is 21.3 Å². The van der Waals surface area contributed by atoms with Crippen molar-refractivity contribution in [3.63, 3.8) is 0 Å². The summed E-state index contributed by atoms with van der Waals surface area (Å²) in [6.45, 7) is 8.77. The molecule has 4 rings (SSSR count). The van der Waals surface area contributed by atoms with Gasteiger partial charge in [0.2, 0.25) is 11.8 Å². The van der Waals surface area contributed by atoms with Gasteiger partial charge in [-0.15, -0.1) is 5.10 Å². The maximum absolute atomic E-state index is 12.6. The summed E-state index contributed by atoms with van der Waals surface area (Å²) in [5.74, 6) is 1.09. The third kappa shape index (κ3) is 4.78. The molecule has 2 aromatic heterocycles. The Labute approximate surface area is 200 Å². The normalized spacial score (nSPS) is 15.9. The molecule has 0 radical (unpaired) electrons. The smallest absolute Gasteiger partial charge is 0.242 e. The van der Waals surface area contributed by atoms with Crippen LogP contribution in [0.15, 0.2) is 18.2 Å². The molecule has 1 amide bonds. The maximum Gasteiger partial charge on any atom is 0.242 e. The predicted octanol–water partition coefficient (Wildman–Crippen LogP) is 4.13. The van der Waals surface area contributed by atoms with Crippen molar-refractivity contribution < 1.29 is 9.53 Å². The molecular weight excluding hydrogens is 438 g/mol. The lowest BCUT2D eigenvalue weighted by atomic mass is 10.00. The van der Waals surface area contributed by atoms with Crippen molar-refractivity contribution in [1.29, 1.82) is 0 Å². The summed E-state index contributed by atoms with van der Waals surface area (Å²) in [7, 11) is 3.48. The summed E-state index contributed by atoms with van der Waals surface area (Å²) >= 11 is 6.19. The van der Waals surface area contributed by atoms with Crippen LogP contribution in [0.2, 0.25) is 5.02 Å². The molecule has 1 aliphatic rings. The van der Waals surface area contributed by atoms with Crippen LogP contribution in [-0.4, -0.2) is 47.4 Å². The number of aryl methyl sites for hydroxylation is 4. The highest BCUT2D eigenvalue weighted by molar-refractivity contribution is 6.30. The number of aromatic nitrogens is 3. The van der Waals surface area contributed by atoms with Gasteiger partial charge in [-0.05, 0) is 68.4 Å². The number of anilines is 1. The molecule has 1 unspecified atom stereocenters. The molecule has 0 bridgehead atoms. The second kappa shape index (κ2) is 9.59. The summed E-state index contributed by atoms with van der Waals surface area (Å²) in [6.07, 6.45) is 2.14. The Balaban J connectivity index is 1.34. The number of carbonyl (C=O) groups excluding carboxylic acids is 1. The van der Waals surface area contributed by atoms with Crippen molar-refractivity contribution in [2.24, 2.45) is 13.0 Å². The molecule has 3 aromatic rings. The van der Waals surface area contributed by atoms with Gasteiger partial charge >= 0.3 is 0 Å². The summed E-state index contributed by atoms with van der Waals surface area (Å²) < 4.78 is 7.17. The fourth-order valence-corrected chi connectivity index (χ4v) is 5.00. The fourth-order valence-electron chi connectivity index (χ4n) is 4.83. The second-order valence-electron chi connectivity index (χ2n) is 8.97. The monoisotopic (exact) mass is 469 g/mol. The number of carbonyl (C=O) groups is 1. The van der Waals surface area contributed by atoms with E-state index in [1.807, 2.05) is 26.1 Å². The molecule has 1 fully saturated rings. The lowest BCUT2D eigenvalue weighted by Gasteiger charge is -2.21. The molecule has 1 N–H and O–H groups in total. The van der Waals surface area contributed by atoms with E-state index in [-0.39, 0.29) is 5.91 Å². The number of hydrogen-bond donors (Lipinski definition) is 1. The van der Waals surface area contributed by atoms with Crippen molar-refractivity contribution >= 4 is 34.2 Å². The highest BCUT2D eigenvalue weighted by Crippen LogP contribution is 2.31. The van der Waals surface area contributed by atoms with Crippen LogP contribution in [0.25, 0.3) is 11.0 Å². The molecule has 1 atom stereocenters. The highest BCUT2D eigenvalue weighted by atomic mass is 35.5. The minimum absolute atomic E-state index is 0.0736. The summed E-state index contributed by atoms with van der Waals surface area (Å²) in [5, 5.41) is 9.22. The topological polar surface area (TPSA) is 72.3 Å². The van der Waals surface area contributed by atoms with Gasteiger partial charge < -0.3 is 15.0 Å². The molecule has 1 aromatic carbocycles. The van der Waals surface area contributed by atoms with Gasteiger partial charge in [-0.1, -0.05) is 17.7 Å². The van der Waals surface area contributed by atoms with Gasteiger partial charge in [0.15, 0.2) is 5.65 Å². The Morgan fingerprint density at radius 3 is 2.85 bits per heavy atom. The van der Waals surface area contributed by atoms with E-state index >= 15 is 0 Å². The van der Waals surface area contributed by atoms with E-state index in [9.17, 15) is 4.79 Å². The van der Waals surface area contributed by atoms with Crippen LogP contribution in [0, 0.1) is 26.7 Å². The summed E-state index contributed by atoms with van der Waals surface area (Å²) in [5.41, 5.74) is 6.32. The number of methoxy groups -OCH3 is 1. The van der Waals surface area contributed by atoms with Gasteiger partial charge in [0.25, 0.3) is 0 Å². The van der Waals surface area contributed by atoms with Crippen LogP contribution in [0.1, 0.15) is 35.2 Å². The molecule has 33 heavy (non-hydrogen) atoms. The SMILES string of the molecule is COc1nn(C)c2nc(C)c(CCC(=O)NCC3CCN(c4cc(Cl)ccc4C)C3)c(C)c12. The molecular formula is C25H32ClN5O2. The van der Waals surface area contributed by atoms with E-state index in [1.165, 1.54) is 11.3 Å². The fraction of sp³-hybridized carbons (Fsp3) is 0.480. The van der Waals surface area contributed by atoms with Crippen molar-refractivity contribution in [1.82, 2.24) is 20.1 Å². The number of benzene rings is 1. The van der Waals surface area contributed by atoms with Gasteiger partial charge in [-0.25, -0.2) is 9.67 Å². The lowest BCUT2D eigenvalue weighted by molar-refractivity contribution is -0.121. The Bertz CT molecular complexity index is 1190. The largest absolute Gasteiger partial charge is 0.479 e. The van der Waals surface area contributed by atoms with Crippen molar-refractivity contribution in [2.45, 2.75) is 40.0 Å². The average Bonchev–Trinajstić information content (AvgIpc) is 3.38. The van der Waals surface area contributed by atoms with Gasteiger partial charge in [0.05, 0.1) is 12.5 Å². The highest BCUT2D eigenvalue weighted by Gasteiger charge is 2.24. The first-order chi connectivity index (χ1) is 15.8. The van der Waals surface area contributed by atoms with E-state index in [0.29, 0.717) is 31.2 Å². The van der Waals surface area contributed by atoms with E-state index in [0.717, 1.165) is 52.4 Å². The van der Waals surface area contributed by atoms with Crippen LogP contribution in [0.4, 0.5) is 5.69 Å². The average molecular weight is 470 g/mol. The molecule has 1 aliphatic heterocycles. The molecule has 0 spiro atoms. The number of hydrogen-bond acceptors (Lipinski definition) is 5. The zero-order valence-corrected chi connectivity index (χ0v) is 20.8. The van der Waals surface area contributed by atoms with Crippen LogP contribution in [0.5, 0.6) is 5.88 Å². The number of fused-ring (bicyclic) bond motifs is 1. The van der Waals surface area contributed by atoms with Crippen LogP contribution in [0.3, 0.4) is 0 Å². The zero-order chi connectivity index (χ0) is 23.7. The van der Waals surface area contributed by atoms with Crippen LogP contribution < -0.4 is 15.0 Å². The quantitative estimate of drug-likeness (QED) is 0.563. The maximum atomic E-state index is 12.6. The molecule has 8 heteroatoms. The number of halogens is 1. The molecule has 176 valence electrons. The Morgan fingerprint density at radius 1 is 1.30 bits per heavy atom. The predicted molar refractivity (Wildman–Crippen MR) is 132 cm³/mol. The molecule has 0 saturated carbocycles. The molecule has 3 heterocycles. The van der Waals surface area contributed by atoms with Crippen LogP contribution >= 0.6 is 11.6 Å². The number of nitrogens with zero attached hydrogens (tertiary/aromatic N) is 4. The number of amides is 1. The minimum atomic E-state index is 0.0736. The zero-order valence-electron chi connectivity index (χ0n) is 20.0.